The SMILES string of the molecule is CC1CN(Cc2ccc(C(=O)N(CCN(C)C)Cc3ccc(Cl)cc3)cc2)CC(C)O1. The molecule has 1 amide bonds. The number of hydrogen-bond donors (Lipinski definition) is 0. The van der Waals surface area contributed by atoms with Gasteiger partial charge in [0.05, 0.1) is 12.2 Å². The van der Waals surface area contributed by atoms with Crippen molar-refractivity contribution in [2.24, 2.45) is 0 Å². The van der Waals surface area contributed by atoms with Crippen molar-refractivity contribution in [1.29, 1.82) is 0 Å². The number of hydrogen-bond acceptors (Lipinski definition) is 4. The highest BCUT2D eigenvalue weighted by atomic mass is 35.5. The molecule has 2 atom stereocenters. The molecule has 1 fully saturated rings. The second kappa shape index (κ2) is 11.1. The van der Waals surface area contributed by atoms with Crippen molar-refractivity contribution in [3.05, 3.63) is 70.2 Å². The van der Waals surface area contributed by atoms with E-state index in [1.54, 1.807) is 0 Å². The van der Waals surface area contributed by atoms with Gasteiger partial charge in [-0.2, -0.15) is 0 Å². The van der Waals surface area contributed by atoms with Gasteiger partial charge in [-0.05, 0) is 63.3 Å². The van der Waals surface area contributed by atoms with Gasteiger partial charge in [0.1, 0.15) is 0 Å². The number of morpholine rings is 1. The van der Waals surface area contributed by atoms with Gasteiger partial charge in [0, 0.05) is 49.9 Å². The van der Waals surface area contributed by atoms with Crippen LogP contribution in [0.25, 0.3) is 0 Å². The molecule has 31 heavy (non-hydrogen) atoms. The number of rotatable bonds is 8. The summed E-state index contributed by atoms with van der Waals surface area (Å²) < 4.78 is 5.82. The topological polar surface area (TPSA) is 36.0 Å². The van der Waals surface area contributed by atoms with E-state index in [4.69, 9.17) is 16.3 Å². The number of carbonyl (C=O) groups excluding carboxylic acids is 1. The largest absolute Gasteiger partial charge is 0.373 e. The molecule has 1 aliphatic heterocycles. The van der Waals surface area contributed by atoms with Crippen molar-refractivity contribution >= 4 is 17.5 Å². The Hall–Kier alpha value is -1.92. The maximum absolute atomic E-state index is 13.3. The van der Waals surface area contributed by atoms with Gasteiger partial charge < -0.3 is 14.5 Å². The second-order valence-corrected chi connectivity index (χ2v) is 9.24. The minimum Gasteiger partial charge on any atom is -0.373 e. The molecule has 0 radical (unpaired) electrons. The highest BCUT2D eigenvalue weighted by molar-refractivity contribution is 6.30. The van der Waals surface area contributed by atoms with Crippen LogP contribution >= 0.6 is 11.6 Å². The van der Waals surface area contributed by atoms with Crippen molar-refractivity contribution in [3.8, 4) is 0 Å². The standard InChI is InChI=1S/C25H34ClN3O2/c1-19-15-28(16-20(2)31-19)17-21-5-9-23(10-6-21)25(30)29(14-13-27(3)4)18-22-7-11-24(26)12-8-22/h5-12,19-20H,13-18H2,1-4H3. The van der Waals surface area contributed by atoms with Gasteiger partial charge in [-0.25, -0.2) is 0 Å². The fourth-order valence-corrected chi connectivity index (χ4v) is 4.12. The Balaban J connectivity index is 1.67. The lowest BCUT2D eigenvalue weighted by molar-refractivity contribution is -0.0704. The zero-order valence-corrected chi connectivity index (χ0v) is 19.8. The normalized spacial score (nSPS) is 19.5. The van der Waals surface area contributed by atoms with Gasteiger partial charge >= 0.3 is 0 Å². The number of ether oxygens (including phenoxy) is 1. The van der Waals surface area contributed by atoms with Crippen LogP contribution in [0.4, 0.5) is 0 Å². The molecule has 168 valence electrons. The van der Waals surface area contributed by atoms with Crippen LogP contribution in [-0.4, -0.2) is 73.1 Å². The number of halogens is 1. The zero-order valence-electron chi connectivity index (χ0n) is 19.1. The summed E-state index contributed by atoms with van der Waals surface area (Å²) >= 11 is 6.01. The van der Waals surface area contributed by atoms with Gasteiger partial charge in [-0.3, -0.25) is 9.69 Å². The molecule has 1 aliphatic rings. The summed E-state index contributed by atoms with van der Waals surface area (Å²) in [6.07, 6.45) is 0.505. The molecular weight excluding hydrogens is 410 g/mol. The molecule has 5 nitrogen and oxygen atoms in total. The smallest absolute Gasteiger partial charge is 0.254 e. The molecule has 0 saturated carbocycles. The average Bonchev–Trinajstić information content (AvgIpc) is 2.71. The number of nitrogens with zero attached hydrogens (tertiary/aromatic N) is 3. The van der Waals surface area contributed by atoms with Gasteiger partial charge in [-0.1, -0.05) is 35.9 Å². The Kier molecular flexibility index (Phi) is 8.50. The summed E-state index contributed by atoms with van der Waals surface area (Å²) in [5.41, 5.74) is 3.01. The molecule has 2 aromatic carbocycles. The van der Waals surface area contributed by atoms with E-state index in [2.05, 4.69) is 35.8 Å². The van der Waals surface area contributed by atoms with Crippen molar-refractivity contribution in [2.45, 2.75) is 39.1 Å². The molecule has 3 rings (SSSR count). The summed E-state index contributed by atoms with van der Waals surface area (Å²) in [4.78, 5) is 19.7. The Bertz CT molecular complexity index is 829. The summed E-state index contributed by atoms with van der Waals surface area (Å²) in [5, 5.41) is 0.703. The molecule has 1 saturated heterocycles. The highest BCUT2D eigenvalue weighted by Gasteiger charge is 2.22. The second-order valence-electron chi connectivity index (χ2n) is 8.80. The van der Waals surface area contributed by atoms with Crippen LogP contribution in [0.5, 0.6) is 0 Å². The van der Waals surface area contributed by atoms with Crippen molar-refractivity contribution in [1.82, 2.24) is 14.7 Å². The maximum Gasteiger partial charge on any atom is 0.254 e. The van der Waals surface area contributed by atoms with E-state index < -0.39 is 0 Å². The first-order valence-corrected chi connectivity index (χ1v) is 11.3. The quantitative estimate of drug-likeness (QED) is 0.614. The molecule has 6 heteroatoms. The van der Waals surface area contributed by atoms with Crippen LogP contribution in [0.1, 0.15) is 35.3 Å². The van der Waals surface area contributed by atoms with E-state index >= 15 is 0 Å². The molecule has 0 aromatic heterocycles. The predicted molar refractivity (Wildman–Crippen MR) is 126 cm³/mol. The molecule has 0 aliphatic carbocycles. The van der Waals surface area contributed by atoms with Gasteiger partial charge in [0.15, 0.2) is 0 Å². The van der Waals surface area contributed by atoms with Crippen molar-refractivity contribution in [2.75, 3.05) is 40.3 Å². The van der Waals surface area contributed by atoms with Crippen LogP contribution in [0.2, 0.25) is 5.02 Å². The highest BCUT2D eigenvalue weighted by Crippen LogP contribution is 2.17. The van der Waals surface area contributed by atoms with Crippen molar-refractivity contribution in [3.63, 3.8) is 0 Å². The van der Waals surface area contributed by atoms with Crippen LogP contribution in [0, 0.1) is 0 Å². The van der Waals surface area contributed by atoms with E-state index in [-0.39, 0.29) is 18.1 Å². The fourth-order valence-electron chi connectivity index (χ4n) is 3.99. The van der Waals surface area contributed by atoms with Crippen LogP contribution < -0.4 is 0 Å². The third-order valence-electron chi connectivity index (χ3n) is 5.49. The van der Waals surface area contributed by atoms with E-state index in [1.807, 2.05) is 55.4 Å². The molecule has 1 heterocycles. The Morgan fingerprint density at radius 3 is 2.13 bits per heavy atom. The summed E-state index contributed by atoms with van der Waals surface area (Å²) in [5.74, 6) is 0.0527. The van der Waals surface area contributed by atoms with Gasteiger partial charge in [-0.15, -0.1) is 0 Å². The first-order valence-electron chi connectivity index (χ1n) is 11.0. The molecule has 0 bridgehead atoms. The van der Waals surface area contributed by atoms with Crippen LogP contribution in [-0.2, 0) is 17.8 Å². The molecular formula is C25H34ClN3O2. The summed E-state index contributed by atoms with van der Waals surface area (Å²) in [6, 6.07) is 15.7. The number of amides is 1. The van der Waals surface area contributed by atoms with E-state index in [0.717, 1.165) is 37.3 Å². The average molecular weight is 444 g/mol. The molecule has 0 N–H and O–H groups in total. The molecule has 2 aromatic rings. The van der Waals surface area contributed by atoms with E-state index in [1.165, 1.54) is 5.56 Å². The lowest BCUT2D eigenvalue weighted by Crippen LogP contribution is -2.44. The lowest BCUT2D eigenvalue weighted by atomic mass is 10.1. The van der Waals surface area contributed by atoms with E-state index in [9.17, 15) is 4.79 Å². The first kappa shape index (κ1) is 23.7. The first-order chi connectivity index (χ1) is 14.8. The maximum atomic E-state index is 13.3. The number of carbonyl (C=O) groups is 1. The Morgan fingerprint density at radius 1 is 0.968 bits per heavy atom. The Labute approximate surface area is 191 Å². The van der Waals surface area contributed by atoms with Crippen LogP contribution in [0.15, 0.2) is 48.5 Å². The monoisotopic (exact) mass is 443 g/mol. The molecule has 0 spiro atoms. The number of likely N-dealkylation sites (N-methyl/N-ethyl adjacent to an activating group) is 1. The van der Waals surface area contributed by atoms with Gasteiger partial charge in [0.25, 0.3) is 5.91 Å². The fraction of sp³-hybridized carbons (Fsp3) is 0.480. The van der Waals surface area contributed by atoms with E-state index in [0.29, 0.717) is 18.1 Å². The Morgan fingerprint density at radius 2 is 1.55 bits per heavy atom. The molecule has 2 unspecified atom stereocenters. The lowest BCUT2D eigenvalue weighted by Gasteiger charge is -2.35. The minimum absolute atomic E-state index is 0.0527. The minimum atomic E-state index is 0.0527. The van der Waals surface area contributed by atoms with Crippen molar-refractivity contribution < 1.29 is 9.53 Å². The summed E-state index contributed by atoms with van der Waals surface area (Å²) in [6.45, 7) is 9.02. The van der Waals surface area contributed by atoms with Crippen LogP contribution in [0.3, 0.4) is 0 Å². The van der Waals surface area contributed by atoms with Gasteiger partial charge in [0.2, 0.25) is 0 Å². The zero-order chi connectivity index (χ0) is 22.4. The summed E-state index contributed by atoms with van der Waals surface area (Å²) in [7, 11) is 4.04. The predicted octanol–water partition coefficient (Wildman–Crippen LogP) is 4.15. The third-order valence-corrected chi connectivity index (χ3v) is 5.75. The third kappa shape index (κ3) is 7.32. The number of benzene rings is 2.